The molecule has 1 unspecified atom stereocenters. The third kappa shape index (κ3) is 3.23. The van der Waals surface area contributed by atoms with E-state index in [9.17, 15) is 0 Å². The van der Waals surface area contributed by atoms with Crippen molar-refractivity contribution in [2.24, 2.45) is 5.92 Å². The Hall–Kier alpha value is -1.04. The van der Waals surface area contributed by atoms with Gasteiger partial charge in [-0.15, -0.1) is 0 Å². The van der Waals surface area contributed by atoms with Gasteiger partial charge in [-0.3, -0.25) is 0 Å². The largest absolute Gasteiger partial charge is 0.0874 e. The maximum atomic E-state index is 2.28. The van der Waals surface area contributed by atoms with Crippen LogP contribution in [0.25, 0.3) is 0 Å². The van der Waals surface area contributed by atoms with Gasteiger partial charge in [0.15, 0.2) is 0 Å². The summed E-state index contributed by atoms with van der Waals surface area (Å²) in [6.07, 6.45) is 13.4. The standard InChI is InChI=1S/C15H22/c1-5-8-13(4)15(6-2)14-10-7-9-12(3)11-14/h5,7-10,12H,6,11H2,1-4H3. The lowest BCUT2D eigenvalue weighted by Crippen LogP contribution is -2.01. The van der Waals surface area contributed by atoms with Gasteiger partial charge < -0.3 is 0 Å². The minimum atomic E-state index is 0.685. The highest BCUT2D eigenvalue weighted by Crippen LogP contribution is 2.28. The predicted molar refractivity (Wildman–Crippen MR) is 68.8 cm³/mol. The molecule has 0 nitrogen and oxygen atoms in total. The van der Waals surface area contributed by atoms with Crippen LogP contribution < -0.4 is 0 Å². The molecule has 0 spiro atoms. The van der Waals surface area contributed by atoms with Crippen LogP contribution in [0.4, 0.5) is 0 Å². The predicted octanol–water partition coefficient (Wildman–Crippen LogP) is 4.81. The van der Waals surface area contributed by atoms with Gasteiger partial charge in [-0.25, -0.2) is 0 Å². The molecular weight excluding hydrogens is 180 g/mol. The Labute approximate surface area is 94.1 Å². The molecule has 0 fully saturated rings. The second-order valence-corrected chi connectivity index (χ2v) is 4.27. The summed E-state index contributed by atoms with van der Waals surface area (Å²) in [6, 6.07) is 0. The summed E-state index contributed by atoms with van der Waals surface area (Å²) in [5, 5.41) is 0. The fourth-order valence-corrected chi connectivity index (χ4v) is 2.18. The molecule has 0 heteroatoms. The van der Waals surface area contributed by atoms with Crippen molar-refractivity contribution in [2.45, 2.75) is 40.5 Å². The summed E-state index contributed by atoms with van der Waals surface area (Å²) in [5.74, 6) is 0.685. The van der Waals surface area contributed by atoms with E-state index in [1.165, 1.54) is 23.1 Å². The Morgan fingerprint density at radius 1 is 1.53 bits per heavy atom. The molecule has 0 N–H and O–H groups in total. The molecule has 0 aliphatic heterocycles. The Balaban J connectivity index is 2.98. The molecule has 0 heterocycles. The van der Waals surface area contributed by atoms with Crippen LogP contribution in [0, 0.1) is 5.92 Å². The van der Waals surface area contributed by atoms with E-state index >= 15 is 0 Å². The van der Waals surface area contributed by atoms with Gasteiger partial charge in [-0.2, -0.15) is 0 Å². The molecule has 0 aromatic rings. The van der Waals surface area contributed by atoms with E-state index in [4.69, 9.17) is 0 Å². The fourth-order valence-electron chi connectivity index (χ4n) is 2.18. The molecule has 1 aliphatic carbocycles. The summed E-state index contributed by atoms with van der Waals surface area (Å²) >= 11 is 0. The van der Waals surface area contributed by atoms with Crippen molar-refractivity contribution in [3.8, 4) is 0 Å². The molecule has 0 bridgehead atoms. The van der Waals surface area contributed by atoms with E-state index in [1.807, 2.05) is 0 Å². The lowest BCUT2D eigenvalue weighted by molar-refractivity contribution is 0.706. The lowest BCUT2D eigenvalue weighted by atomic mass is 9.87. The van der Waals surface area contributed by atoms with Gasteiger partial charge in [0.1, 0.15) is 0 Å². The summed E-state index contributed by atoms with van der Waals surface area (Å²) in [5.41, 5.74) is 4.45. The van der Waals surface area contributed by atoms with E-state index in [0.717, 1.165) is 6.42 Å². The molecular formula is C15H22. The van der Waals surface area contributed by atoms with E-state index in [0.29, 0.717) is 5.92 Å². The molecule has 0 aromatic carbocycles. The molecule has 1 aliphatic rings. The first-order chi connectivity index (χ1) is 7.19. The van der Waals surface area contributed by atoms with Crippen LogP contribution in [-0.2, 0) is 0 Å². The smallest absolute Gasteiger partial charge is 0.0215 e. The van der Waals surface area contributed by atoms with Gasteiger partial charge in [0.2, 0.25) is 0 Å². The molecule has 82 valence electrons. The van der Waals surface area contributed by atoms with Gasteiger partial charge in [-0.1, -0.05) is 44.2 Å². The first-order valence-electron chi connectivity index (χ1n) is 5.89. The zero-order valence-electron chi connectivity index (χ0n) is 10.4. The Kier molecular flexibility index (Phi) is 4.61. The molecule has 0 radical (unpaired) electrons. The third-order valence-corrected chi connectivity index (χ3v) is 2.91. The molecule has 0 saturated carbocycles. The number of rotatable bonds is 3. The topological polar surface area (TPSA) is 0 Å². The van der Waals surface area contributed by atoms with E-state index < -0.39 is 0 Å². The van der Waals surface area contributed by atoms with Crippen molar-refractivity contribution >= 4 is 0 Å². The Bertz CT molecular complexity index is 324. The summed E-state index contributed by atoms with van der Waals surface area (Å²) in [4.78, 5) is 0. The minimum Gasteiger partial charge on any atom is -0.0874 e. The van der Waals surface area contributed by atoms with Crippen molar-refractivity contribution in [3.05, 3.63) is 47.1 Å². The van der Waals surface area contributed by atoms with Crippen molar-refractivity contribution in [1.82, 2.24) is 0 Å². The van der Waals surface area contributed by atoms with Crippen molar-refractivity contribution < 1.29 is 0 Å². The summed E-state index contributed by atoms with van der Waals surface area (Å²) in [6.45, 7) is 8.81. The molecule has 1 rings (SSSR count). The van der Waals surface area contributed by atoms with Crippen LogP contribution in [0.5, 0.6) is 0 Å². The highest BCUT2D eigenvalue weighted by molar-refractivity contribution is 5.42. The van der Waals surface area contributed by atoms with Crippen LogP contribution >= 0.6 is 0 Å². The van der Waals surface area contributed by atoms with Crippen molar-refractivity contribution in [2.75, 3.05) is 0 Å². The highest BCUT2D eigenvalue weighted by atomic mass is 14.2. The number of hydrogen-bond acceptors (Lipinski definition) is 0. The number of hydrogen-bond donors (Lipinski definition) is 0. The van der Waals surface area contributed by atoms with Crippen LogP contribution in [0.2, 0.25) is 0 Å². The monoisotopic (exact) mass is 202 g/mol. The van der Waals surface area contributed by atoms with E-state index in [1.54, 1.807) is 0 Å². The van der Waals surface area contributed by atoms with Gasteiger partial charge >= 0.3 is 0 Å². The van der Waals surface area contributed by atoms with Crippen LogP contribution in [0.15, 0.2) is 47.1 Å². The number of allylic oxidation sites excluding steroid dienone is 8. The fraction of sp³-hybridized carbons (Fsp3) is 0.467. The zero-order chi connectivity index (χ0) is 11.3. The maximum absolute atomic E-state index is 2.28. The average Bonchev–Trinajstić information content (AvgIpc) is 2.19. The SMILES string of the molecule is CC=CC(C)=C(CC)C1=CC=CC(C)C1. The van der Waals surface area contributed by atoms with Gasteiger partial charge in [-0.05, 0) is 49.3 Å². The Morgan fingerprint density at radius 3 is 2.80 bits per heavy atom. The second-order valence-electron chi connectivity index (χ2n) is 4.27. The van der Waals surface area contributed by atoms with Crippen molar-refractivity contribution in [1.29, 1.82) is 0 Å². The molecule has 1 atom stereocenters. The zero-order valence-corrected chi connectivity index (χ0v) is 10.4. The van der Waals surface area contributed by atoms with Gasteiger partial charge in [0, 0.05) is 0 Å². The second kappa shape index (κ2) is 5.75. The third-order valence-electron chi connectivity index (χ3n) is 2.91. The maximum Gasteiger partial charge on any atom is -0.0215 e. The summed E-state index contributed by atoms with van der Waals surface area (Å²) in [7, 11) is 0. The van der Waals surface area contributed by atoms with Crippen LogP contribution in [0.1, 0.15) is 40.5 Å². The molecule has 15 heavy (non-hydrogen) atoms. The van der Waals surface area contributed by atoms with Crippen molar-refractivity contribution in [3.63, 3.8) is 0 Å². The van der Waals surface area contributed by atoms with Gasteiger partial charge in [0.05, 0.1) is 0 Å². The molecule has 0 aromatic heterocycles. The average molecular weight is 202 g/mol. The van der Waals surface area contributed by atoms with Crippen LogP contribution in [-0.4, -0.2) is 0 Å². The quantitative estimate of drug-likeness (QED) is 0.576. The Morgan fingerprint density at radius 2 is 2.27 bits per heavy atom. The summed E-state index contributed by atoms with van der Waals surface area (Å²) < 4.78 is 0. The first kappa shape index (κ1) is 12.0. The lowest BCUT2D eigenvalue weighted by Gasteiger charge is -2.18. The highest BCUT2D eigenvalue weighted by Gasteiger charge is 2.11. The normalized spacial score (nSPS) is 22.9. The molecule has 0 saturated heterocycles. The van der Waals surface area contributed by atoms with Gasteiger partial charge in [0.25, 0.3) is 0 Å². The van der Waals surface area contributed by atoms with Crippen LogP contribution in [0.3, 0.4) is 0 Å². The minimum absolute atomic E-state index is 0.685. The first-order valence-corrected chi connectivity index (χ1v) is 5.89. The molecule has 0 amide bonds. The van der Waals surface area contributed by atoms with E-state index in [-0.39, 0.29) is 0 Å². The van der Waals surface area contributed by atoms with E-state index in [2.05, 4.69) is 58.1 Å².